The summed E-state index contributed by atoms with van der Waals surface area (Å²) in [5.74, 6) is 0.530. The van der Waals surface area contributed by atoms with Crippen LogP contribution in [0.4, 0.5) is 5.69 Å². The van der Waals surface area contributed by atoms with E-state index >= 15 is 0 Å². The minimum absolute atomic E-state index is 0.270. The molecule has 0 unspecified atom stereocenters. The van der Waals surface area contributed by atoms with Crippen LogP contribution in [0.5, 0.6) is 5.75 Å². The van der Waals surface area contributed by atoms with Crippen molar-refractivity contribution < 1.29 is 14.6 Å². The third kappa shape index (κ3) is 3.43. The quantitative estimate of drug-likeness (QED) is 0.729. The Balaban J connectivity index is 1.63. The molecule has 2 heterocycles. The van der Waals surface area contributed by atoms with Crippen LogP contribution in [0.3, 0.4) is 0 Å². The topological polar surface area (TPSA) is 106 Å². The number of aromatic nitrogens is 2. The molecular formula is C20H25N5O3. The van der Waals surface area contributed by atoms with Gasteiger partial charge in [-0.25, -0.2) is 0 Å². The van der Waals surface area contributed by atoms with E-state index in [1.54, 1.807) is 30.5 Å². The summed E-state index contributed by atoms with van der Waals surface area (Å²) in [6, 6.07) is 4.23. The van der Waals surface area contributed by atoms with E-state index in [9.17, 15) is 9.90 Å². The Hall–Kier alpha value is -3.00. The molecule has 28 heavy (non-hydrogen) atoms. The Labute approximate surface area is 163 Å². The molecule has 4 rings (SSSR count). The number of nitrogens with one attached hydrogen (secondary N) is 1. The van der Waals surface area contributed by atoms with Crippen molar-refractivity contribution >= 4 is 22.5 Å². The third-order valence-electron chi connectivity index (χ3n) is 5.54. The molecule has 1 aliphatic heterocycles. The van der Waals surface area contributed by atoms with Gasteiger partial charge in [-0.2, -0.15) is 5.10 Å². The number of carbonyl (C=O) groups excluding carboxylic acids is 1. The number of aliphatic hydroxyl groups is 1. The first-order valence-corrected chi connectivity index (χ1v) is 9.51. The second-order valence-corrected chi connectivity index (χ2v) is 7.32. The first-order valence-electron chi connectivity index (χ1n) is 9.51. The third-order valence-corrected chi connectivity index (χ3v) is 5.54. The van der Waals surface area contributed by atoms with E-state index in [1.807, 2.05) is 16.8 Å². The van der Waals surface area contributed by atoms with Crippen LogP contribution in [0.25, 0.3) is 10.9 Å². The van der Waals surface area contributed by atoms with Gasteiger partial charge in [0.25, 0.3) is 5.91 Å². The molecule has 0 bridgehead atoms. The number of ether oxygens (including phenoxy) is 1. The van der Waals surface area contributed by atoms with E-state index in [4.69, 9.17) is 15.6 Å². The molecule has 4 N–H and O–H groups in total. The summed E-state index contributed by atoms with van der Waals surface area (Å²) in [7, 11) is 1.61. The first kappa shape index (κ1) is 18.4. The number of methoxy groups -OCH3 is 1. The Morgan fingerprint density at radius 2 is 2.14 bits per heavy atom. The number of hydrogen-bond donors (Lipinski definition) is 3. The number of fused-ring (bicyclic) bond motifs is 1. The molecule has 2 aliphatic rings. The molecule has 0 spiro atoms. The molecule has 8 heteroatoms. The van der Waals surface area contributed by atoms with Gasteiger partial charge in [-0.15, -0.1) is 0 Å². The first-order chi connectivity index (χ1) is 13.6. The average molecular weight is 383 g/mol. The normalized spacial score (nSPS) is 22.1. The number of nitrogens with two attached hydrogens (primary N) is 1. The predicted molar refractivity (Wildman–Crippen MR) is 106 cm³/mol. The largest absolute Gasteiger partial charge is 0.494 e. The van der Waals surface area contributed by atoms with E-state index < -0.39 is 5.91 Å². The van der Waals surface area contributed by atoms with E-state index in [2.05, 4.69) is 11.6 Å². The maximum absolute atomic E-state index is 11.5. The monoisotopic (exact) mass is 383 g/mol. The number of hydrazine groups is 1. The van der Waals surface area contributed by atoms with Crippen LogP contribution in [0.15, 0.2) is 42.4 Å². The molecular weight excluding hydrogens is 358 g/mol. The highest BCUT2D eigenvalue weighted by molar-refractivity contribution is 5.93. The smallest absolute Gasteiger partial charge is 0.266 e. The maximum atomic E-state index is 11.5. The summed E-state index contributed by atoms with van der Waals surface area (Å²) in [6.07, 6.45) is 11.3. The van der Waals surface area contributed by atoms with E-state index in [0.717, 1.165) is 42.3 Å². The zero-order valence-electron chi connectivity index (χ0n) is 15.8. The lowest BCUT2D eigenvalue weighted by Gasteiger charge is -2.27. The summed E-state index contributed by atoms with van der Waals surface area (Å²) in [6.45, 7) is 0.270. The average Bonchev–Trinajstić information content (AvgIpc) is 3.16. The lowest BCUT2D eigenvalue weighted by atomic mass is 9.87. The van der Waals surface area contributed by atoms with Gasteiger partial charge in [-0.3, -0.25) is 19.9 Å². The van der Waals surface area contributed by atoms with Crippen LogP contribution in [0.1, 0.15) is 31.7 Å². The van der Waals surface area contributed by atoms with E-state index in [0.29, 0.717) is 23.4 Å². The van der Waals surface area contributed by atoms with Gasteiger partial charge >= 0.3 is 0 Å². The van der Waals surface area contributed by atoms with Crippen molar-refractivity contribution in [3.05, 3.63) is 42.4 Å². The minimum Gasteiger partial charge on any atom is -0.494 e. The summed E-state index contributed by atoms with van der Waals surface area (Å²) in [5.41, 5.74) is 10.3. The Kier molecular flexibility index (Phi) is 4.95. The molecule has 1 aromatic carbocycles. The Bertz CT molecular complexity index is 941. The summed E-state index contributed by atoms with van der Waals surface area (Å²) in [5, 5.41) is 16.8. The molecule has 0 atom stereocenters. The van der Waals surface area contributed by atoms with Crippen molar-refractivity contribution in [2.24, 2.45) is 11.7 Å². The van der Waals surface area contributed by atoms with Gasteiger partial charge in [0, 0.05) is 30.5 Å². The van der Waals surface area contributed by atoms with Gasteiger partial charge < -0.3 is 15.6 Å². The zero-order chi connectivity index (χ0) is 19.7. The maximum Gasteiger partial charge on any atom is 0.266 e. The molecule has 1 fully saturated rings. The lowest BCUT2D eigenvalue weighted by Crippen LogP contribution is -2.39. The zero-order valence-corrected chi connectivity index (χ0v) is 15.8. The number of benzene rings is 1. The number of anilines is 1. The molecule has 8 nitrogen and oxygen atoms in total. The van der Waals surface area contributed by atoms with Crippen LogP contribution in [0.2, 0.25) is 0 Å². The molecule has 1 aromatic heterocycles. The lowest BCUT2D eigenvalue weighted by molar-refractivity contribution is -0.114. The standard InChI is InChI=1S/C20H25N5O3/c1-28-19-10-17-14(9-18(19)24-8-2-3-16(22-24)20(21)27)11-25(23-17)15-6-4-13(12-26)5-7-15/h2-3,8-11,13,15,22,26H,4-7,12H2,1H3,(H2,21,27). The minimum atomic E-state index is -0.527. The SMILES string of the molecule is COc1cc2nn(C3CCC(CO)CC3)cc2cc1N1C=CC=C(C(N)=O)N1. The van der Waals surface area contributed by atoms with E-state index in [-0.39, 0.29) is 6.61 Å². The molecule has 0 saturated heterocycles. The predicted octanol–water partition coefficient (Wildman–Crippen LogP) is 1.98. The van der Waals surface area contributed by atoms with Gasteiger partial charge in [-0.05, 0) is 49.8 Å². The molecule has 1 saturated carbocycles. The number of allylic oxidation sites excluding steroid dienone is 2. The van der Waals surface area contributed by atoms with Crippen LogP contribution >= 0.6 is 0 Å². The number of rotatable bonds is 5. The molecule has 2 aromatic rings. The van der Waals surface area contributed by atoms with Crippen molar-refractivity contribution in [2.75, 3.05) is 18.7 Å². The van der Waals surface area contributed by atoms with Crippen LogP contribution in [0, 0.1) is 5.92 Å². The number of primary amides is 1. The van der Waals surface area contributed by atoms with Gasteiger partial charge in [0.1, 0.15) is 17.1 Å². The van der Waals surface area contributed by atoms with Crippen molar-refractivity contribution in [1.82, 2.24) is 15.2 Å². The molecule has 1 amide bonds. The van der Waals surface area contributed by atoms with Gasteiger partial charge in [0.05, 0.1) is 18.7 Å². The number of carbonyl (C=O) groups is 1. The van der Waals surface area contributed by atoms with Crippen molar-refractivity contribution in [3.63, 3.8) is 0 Å². The number of amides is 1. The second kappa shape index (κ2) is 7.55. The number of aliphatic hydroxyl groups excluding tert-OH is 1. The van der Waals surface area contributed by atoms with Crippen molar-refractivity contribution in [2.45, 2.75) is 31.7 Å². The van der Waals surface area contributed by atoms with Crippen molar-refractivity contribution in [1.29, 1.82) is 0 Å². The summed E-state index contributed by atoms with van der Waals surface area (Å²) < 4.78 is 7.59. The molecule has 1 aliphatic carbocycles. The fourth-order valence-corrected chi connectivity index (χ4v) is 3.90. The highest BCUT2D eigenvalue weighted by atomic mass is 16.5. The highest BCUT2D eigenvalue weighted by Crippen LogP contribution is 2.36. The highest BCUT2D eigenvalue weighted by Gasteiger charge is 2.23. The summed E-state index contributed by atoms with van der Waals surface area (Å²) in [4.78, 5) is 11.5. The Morgan fingerprint density at radius 1 is 1.36 bits per heavy atom. The summed E-state index contributed by atoms with van der Waals surface area (Å²) >= 11 is 0. The fourth-order valence-electron chi connectivity index (χ4n) is 3.90. The second-order valence-electron chi connectivity index (χ2n) is 7.32. The number of nitrogens with zero attached hydrogens (tertiary/aromatic N) is 3. The molecule has 0 radical (unpaired) electrons. The number of hydrogen-bond acceptors (Lipinski definition) is 6. The van der Waals surface area contributed by atoms with Crippen molar-refractivity contribution in [3.8, 4) is 5.75 Å². The molecule has 148 valence electrons. The van der Waals surface area contributed by atoms with Gasteiger partial charge in [0.15, 0.2) is 0 Å². The van der Waals surface area contributed by atoms with Gasteiger partial charge in [0.2, 0.25) is 0 Å². The Morgan fingerprint density at radius 3 is 2.82 bits per heavy atom. The van der Waals surface area contributed by atoms with Gasteiger partial charge in [-0.1, -0.05) is 0 Å². The van der Waals surface area contributed by atoms with E-state index in [1.165, 1.54) is 0 Å². The van der Waals surface area contributed by atoms with Crippen LogP contribution < -0.4 is 20.9 Å². The fraction of sp³-hybridized carbons (Fsp3) is 0.400. The van der Waals surface area contributed by atoms with Crippen LogP contribution in [-0.2, 0) is 4.79 Å². The van der Waals surface area contributed by atoms with Crippen LogP contribution in [-0.4, -0.2) is 34.5 Å².